The standard InChI is InChI=1S/C12H16BrNO3/c1-7-9(6-15)14(8(2)10(7)13)11(16)17-12(3,4)5/h6H,1-5H3. The van der Waals surface area contributed by atoms with Crippen molar-refractivity contribution in [1.29, 1.82) is 0 Å². The van der Waals surface area contributed by atoms with Crippen LogP contribution in [0.15, 0.2) is 4.47 Å². The summed E-state index contributed by atoms with van der Waals surface area (Å²) in [7, 11) is 0. The average Bonchev–Trinajstić information content (AvgIpc) is 2.39. The fraction of sp³-hybridized carbons (Fsp3) is 0.500. The van der Waals surface area contributed by atoms with Crippen molar-refractivity contribution in [3.63, 3.8) is 0 Å². The normalized spacial score (nSPS) is 11.4. The Labute approximate surface area is 109 Å². The first-order valence-electron chi connectivity index (χ1n) is 5.25. The first-order chi connectivity index (χ1) is 7.69. The van der Waals surface area contributed by atoms with E-state index in [2.05, 4.69) is 15.9 Å². The fourth-order valence-corrected chi connectivity index (χ4v) is 1.89. The van der Waals surface area contributed by atoms with E-state index in [0.29, 0.717) is 17.7 Å². The molecule has 0 saturated carbocycles. The van der Waals surface area contributed by atoms with Crippen LogP contribution in [0.5, 0.6) is 0 Å². The summed E-state index contributed by atoms with van der Waals surface area (Å²) in [5.41, 5.74) is 1.14. The number of nitrogens with zero attached hydrogens (tertiary/aromatic N) is 1. The second-order valence-corrected chi connectivity index (χ2v) is 5.64. The second kappa shape index (κ2) is 4.64. The number of rotatable bonds is 1. The van der Waals surface area contributed by atoms with Crippen molar-refractivity contribution >= 4 is 28.3 Å². The highest BCUT2D eigenvalue weighted by molar-refractivity contribution is 9.10. The lowest BCUT2D eigenvalue weighted by atomic mass is 10.2. The molecule has 0 N–H and O–H groups in total. The quantitative estimate of drug-likeness (QED) is 0.746. The summed E-state index contributed by atoms with van der Waals surface area (Å²) in [6.45, 7) is 8.89. The van der Waals surface area contributed by atoms with Gasteiger partial charge in [0.15, 0.2) is 6.29 Å². The van der Waals surface area contributed by atoms with Crippen molar-refractivity contribution in [3.8, 4) is 0 Å². The van der Waals surface area contributed by atoms with Crippen LogP contribution in [0.2, 0.25) is 0 Å². The molecule has 0 radical (unpaired) electrons. The Morgan fingerprint density at radius 3 is 2.29 bits per heavy atom. The number of aldehydes is 1. The Hall–Kier alpha value is -1.10. The second-order valence-electron chi connectivity index (χ2n) is 4.84. The molecule has 1 rings (SSSR count). The van der Waals surface area contributed by atoms with Gasteiger partial charge in [0.25, 0.3) is 0 Å². The van der Waals surface area contributed by atoms with Crippen LogP contribution in [-0.4, -0.2) is 22.5 Å². The van der Waals surface area contributed by atoms with Gasteiger partial charge in [-0.3, -0.25) is 4.79 Å². The van der Waals surface area contributed by atoms with E-state index in [4.69, 9.17) is 4.74 Å². The van der Waals surface area contributed by atoms with E-state index in [-0.39, 0.29) is 0 Å². The van der Waals surface area contributed by atoms with Gasteiger partial charge >= 0.3 is 6.09 Å². The van der Waals surface area contributed by atoms with E-state index >= 15 is 0 Å². The SMILES string of the molecule is Cc1c(Br)c(C)n(C(=O)OC(C)(C)C)c1C=O. The number of halogens is 1. The van der Waals surface area contributed by atoms with E-state index in [0.717, 1.165) is 10.0 Å². The minimum Gasteiger partial charge on any atom is -0.443 e. The molecule has 0 atom stereocenters. The van der Waals surface area contributed by atoms with E-state index < -0.39 is 11.7 Å². The summed E-state index contributed by atoms with van der Waals surface area (Å²) in [6, 6.07) is 0. The van der Waals surface area contributed by atoms with Gasteiger partial charge in [-0.25, -0.2) is 9.36 Å². The van der Waals surface area contributed by atoms with E-state index in [1.807, 2.05) is 0 Å². The van der Waals surface area contributed by atoms with Gasteiger partial charge < -0.3 is 4.74 Å². The van der Waals surface area contributed by atoms with Gasteiger partial charge in [-0.2, -0.15) is 0 Å². The van der Waals surface area contributed by atoms with Crippen molar-refractivity contribution in [2.24, 2.45) is 0 Å². The summed E-state index contributed by atoms with van der Waals surface area (Å²) in [5, 5.41) is 0. The molecular formula is C12H16BrNO3. The van der Waals surface area contributed by atoms with Crippen molar-refractivity contribution in [2.75, 3.05) is 0 Å². The third-order valence-corrected chi connectivity index (χ3v) is 3.46. The monoisotopic (exact) mass is 301 g/mol. The fourth-order valence-electron chi connectivity index (χ4n) is 1.51. The molecule has 1 aromatic heterocycles. The van der Waals surface area contributed by atoms with Gasteiger partial charge in [-0.15, -0.1) is 0 Å². The van der Waals surface area contributed by atoms with E-state index in [9.17, 15) is 9.59 Å². The van der Waals surface area contributed by atoms with Crippen molar-refractivity contribution in [2.45, 2.75) is 40.2 Å². The maximum Gasteiger partial charge on any atom is 0.419 e. The first kappa shape index (κ1) is 14.0. The first-order valence-corrected chi connectivity index (χ1v) is 6.04. The maximum absolute atomic E-state index is 12.0. The topological polar surface area (TPSA) is 48.3 Å². The number of aromatic nitrogens is 1. The van der Waals surface area contributed by atoms with E-state index in [1.165, 1.54) is 4.57 Å². The third kappa shape index (κ3) is 2.77. The largest absolute Gasteiger partial charge is 0.443 e. The van der Waals surface area contributed by atoms with Gasteiger partial charge in [0.2, 0.25) is 0 Å². The van der Waals surface area contributed by atoms with Crippen LogP contribution in [-0.2, 0) is 4.74 Å². The molecule has 4 nitrogen and oxygen atoms in total. The maximum atomic E-state index is 12.0. The molecule has 0 spiro atoms. The van der Waals surface area contributed by atoms with Gasteiger partial charge in [0, 0.05) is 10.2 Å². The molecule has 0 aromatic carbocycles. The molecule has 0 bridgehead atoms. The van der Waals surface area contributed by atoms with Crippen LogP contribution in [0.1, 0.15) is 42.5 Å². The Kier molecular flexibility index (Phi) is 3.81. The van der Waals surface area contributed by atoms with Gasteiger partial charge in [-0.05, 0) is 56.1 Å². The highest BCUT2D eigenvalue weighted by Gasteiger charge is 2.24. The highest BCUT2D eigenvalue weighted by Crippen LogP contribution is 2.27. The van der Waals surface area contributed by atoms with Crippen LogP contribution >= 0.6 is 15.9 Å². The van der Waals surface area contributed by atoms with E-state index in [1.54, 1.807) is 34.6 Å². The highest BCUT2D eigenvalue weighted by atomic mass is 79.9. The minimum absolute atomic E-state index is 0.323. The molecule has 0 aliphatic carbocycles. The number of hydrogen-bond donors (Lipinski definition) is 0. The molecule has 5 heteroatoms. The van der Waals surface area contributed by atoms with Crippen molar-refractivity contribution in [3.05, 3.63) is 21.4 Å². The summed E-state index contributed by atoms with van der Waals surface area (Å²) in [4.78, 5) is 23.0. The lowest BCUT2D eigenvalue weighted by Gasteiger charge is -2.20. The van der Waals surface area contributed by atoms with Gasteiger partial charge in [-0.1, -0.05) is 0 Å². The summed E-state index contributed by atoms with van der Waals surface area (Å²) < 4.78 is 7.30. The summed E-state index contributed by atoms with van der Waals surface area (Å²) >= 11 is 3.35. The minimum atomic E-state index is -0.589. The lowest BCUT2D eigenvalue weighted by molar-refractivity contribution is 0.0528. The molecule has 1 heterocycles. The molecule has 17 heavy (non-hydrogen) atoms. The zero-order chi connectivity index (χ0) is 13.4. The van der Waals surface area contributed by atoms with Crippen LogP contribution in [0.3, 0.4) is 0 Å². The lowest BCUT2D eigenvalue weighted by Crippen LogP contribution is -2.28. The number of ether oxygens (including phenoxy) is 1. The Bertz CT molecular complexity index is 469. The zero-order valence-corrected chi connectivity index (χ0v) is 12.2. The third-order valence-electron chi connectivity index (χ3n) is 2.30. The molecular weight excluding hydrogens is 286 g/mol. The van der Waals surface area contributed by atoms with Gasteiger partial charge in [0.05, 0.1) is 5.69 Å². The zero-order valence-electron chi connectivity index (χ0n) is 10.6. The Morgan fingerprint density at radius 1 is 1.35 bits per heavy atom. The molecule has 0 aliphatic rings. The molecule has 0 amide bonds. The molecule has 0 aliphatic heterocycles. The number of carbonyl (C=O) groups excluding carboxylic acids is 2. The number of carbonyl (C=O) groups is 2. The summed E-state index contributed by atoms with van der Waals surface area (Å²) in [5.74, 6) is 0. The van der Waals surface area contributed by atoms with Crippen molar-refractivity contribution < 1.29 is 14.3 Å². The predicted molar refractivity (Wildman–Crippen MR) is 68.6 cm³/mol. The van der Waals surface area contributed by atoms with Crippen LogP contribution in [0.4, 0.5) is 4.79 Å². The number of hydrogen-bond acceptors (Lipinski definition) is 3. The summed E-state index contributed by atoms with van der Waals surface area (Å²) in [6.07, 6.45) is 0.128. The molecule has 94 valence electrons. The molecule has 0 saturated heterocycles. The molecule has 1 aromatic rings. The van der Waals surface area contributed by atoms with Gasteiger partial charge in [0.1, 0.15) is 5.60 Å². The Morgan fingerprint density at radius 2 is 1.88 bits per heavy atom. The predicted octanol–water partition coefficient (Wildman–Crippen LogP) is 3.46. The smallest absolute Gasteiger partial charge is 0.419 e. The van der Waals surface area contributed by atoms with Crippen LogP contribution < -0.4 is 0 Å². The van der Waals surface area contributed by atoms with Crippen LogP contribution in [0.25, 0.3) is 0 Å². The van der Waals surface area contributed by atoms with Crippen molar-refractivity contribution in [1.82, 2.24) is 4.57 Å². The molecule has 0 unspecified atom stereocenters. The Balaban J connectivity index is 3.27. The van der Waals surface area contributed by atoms with Crippen LogP contribution in [0, 0.1) is 13.8 Å². The average molecular weight is 302 g/mol. The molecule has 0 fully saturated rings.